The molecule has 1 unspecified atom stereocenters. The Balaban J connectivity index is 2.92. The third-order valence-electron chi connectivity index (χ3n) is 2.98. The summed E-state index contributed by atoms with van der Waals surface area (Å²) < 4.78 is 12.2. The molecule has 0 fully saturated rings. The van der Waals surface area contributed by atoms with Crippen molar-refractivity contribution in [2.75, 3.05) is 0 Å². The van der Waals surface area contributed by atoms with Gasteiger partial charge in [0.1, 0.15) is 11.5 Å². The molecule has 0 bridgehead atoms. The summed E-state index contributed by atoms with van der Waals surface area (Å²) in [6.07, 6.45) is 0.872. The molecule has 124 valence electrons. The second-order valence-electron chi connectivity index (χ2n) is 7.60. The van der Waals surface area contributed by atoms with Crippen LogP contribution in [0.3, 0.4) is 0 Å². The lowest BCUT2D eigenvalue weighted by atomic mass is 10.0. The summed E-state index contributed by atoms with van der Waals surface area (Å²) in [6, 6.07) is 8.04. The Labute approximate surface area is 137 Å². The Morgan fingerprint density at radius 2 is 1.55 bits per heavy atom. The second kappa shape index (κ2) is 7.57. The Kier molecular flexibility index (Phi) is 6.58. The minimum atomic E-state index is -1.71. The van der Waals surface area contributed by atoms with Crippen molar-refractivity contribution in [1.29, 1.82) is 0 Å². The van der Waals surface area contributed by atoms with Crippen molar-refractivity contribution < 1.29 is 13.6 Å². The molecule has 5 heteroatoms. The number of carbonyl (C=O) groups excluding carboxylic acids is 1. The van der Waals surface area contributed by atoms with Crippen molar-refractivity contribution in [2.45, 2.75) is 65.2 Å². The third-order valence-corrected chi connectivity index (χ3v) is 4.82. The van der Waals surface area contributed by atoms with Crippen molar-refractivity contribution in [3.05, 3.63) is 29.8 Å². The highest BCUT2D eigenvalue weighted by Gasteiger charge is 2.24. The van der Waals surface area contributed by atoms with E-state index >= 15 is 0 Å². The van der Waals surface area contributed by atoms with Crippen LogP contribution in [0.4, 0.5) is 0 Å². The lowest BCUT2D eigenvalue weighted by Crippen LogP contribution is -2.29. The van der Waals surface area contributed by atoms with Gasteiger partial charge in [-0.2, -0.15) is 0 Å². The lowest BCUT2D eigenvalue weighted by Gasteiger charge is -2.27. The summed E-state index contributed by atoms with van der Waals surface area (Å²) in [4.78, 5) is 11.9. The molecule has 0 aromatic heterocycles. The van der Waals surface area contributed by atoms with Crippen LogP contribution < -0.4 is 4.43 Å². The van der Waals surface area contributed by atoms with Gasteiger partial charge in [0.25, 0.3) is 0 Å². The number of rotatable bonds is 8. The second-order valence-corrected chi connectivity index (χ2v) is 16.5. The number of hydrogen-bond donors (Lipinski definition) is 0. The van der Waals surface area contributed by atoms with Gasteiger partial charge in [-0.15, -0.1) is 0 Å². The maximum Gasteiger partial charge on any atom is 0.242 e. The monoisotopic (exact) mass is 338 g/mol. The molecule has 0 saturated carbocycles. The van der Waals surface area contributed by atoms with Gasteiger partial charge in [0, 0.05) is 12.8 Å². The molecule has 0 saturated heterocycles. The number of benzene rings is 1. The van der Waals surface area contributed by atoms with Gasteiger partial charge in [0.2, 0.25) is 8.32 Å². The predicted molar refractivity (Wildman–Crippen MR) is 97.5 cm³/mol. The highest BCUT2D eigenvalue weighted by atomic mass is 28.4. The number of hydrogen-bond acceptors (Lipinski definition) is 3. The van der Waals surface area contributed by atoms with E-state index in [0.29, 0.717) is 12.8 Å². The van der Waals surface area contributed by atoms with E-state index in [9.17, 15) is 4.79 Å². The molecule has 0 aliphatic heterocycles. The first-order chi connectivity index (χ1) is 10.00. The van der Waals surface area contributed by atoms with E-state index in [1.165, 1.54) is 0 Å². The van der Waals surface area contributed by atoms with Crippen molar-refractivity contribution in [1.82, 2.24) is 0 Å². The topological polar surface area (TPSA) is 35.5 Å². The van der Waals surface area contributed by atoms with Gasteiger partial charge in [0.15, 0.2) is 8.32 Å². The van der Waals surface area contributed by atoms with E-state index in [-0.39, 0.29) is 11.9 Å². The Bertz CT molecular complexity index is 484. The Hall–Kier alpha value is -0.916. The number of Topliss-reactive ketones (excluding diaryl/α,β-unsaturated/α-hetero) is 1. The molecule has 0 heterocycles. The van der Waals surface area contributed by atoms with E-state index in [1.54, 1.807) is 0 Å². The first-order valence-electron chi connectivity index (χ1n) is 7.98. The molecule has 1 aromatic carbocycles. The van der Waals surface area contributed by atoms with E-state index in [2.05, 4.69) is 39.3 Å². The van der Waals surface area contributed by atoms with Gasteiger partial charge in [-0.3, -0.25) is 4.79 Å². The van der Waals surface area contributed by atoms with Crippen molar-refractivity contribution >= 4 is 22.4 Å². The zero-order chi connectivity index (χ0) is 17.0. The van der Waals surface area contributed by atoms with Crippen LogP contribution in [0.1, 0.15) is 31.4 Å². The van der Waals surface area contributed by atoms with Crippen molar-refractivity contribution in [3.8, 4) is 5.75 Å². The van der Waals surface area contributed by atoms with E-state index in [0.717, 1.165) is 11.3 Å². The summed E-state index contributed by atoms with van der Waals surface area (Å²) in [6.45, 7) is 14.9. The molecule has 1 aromatic rings. The van der Waals surface area contributed by atoms with E-state index < -0.39 is 16.6 Å². The standard InChI is InChI=1S/C17H30O3Si2/c1-8-15(18)13-17(20-22(5,6)7)14-9-11-16(12-10-14)19-21(2,3)4/h9-12,17H,8,13H2,1-7H3. The molecule has 3 nitrogen and oxygen atoms in total. The largest absolute Gasteiger partial charge is 0.544 e. The van der Waals surface area contributed by atoms with Crippen LogP contribution in [0, 0.1) is 0 Å². The van der Waals surface area contributed by atoms with Gasteiger partial charge in [-0.1, -0.05) is 19.1 Å². The summed E-state index contributed by atoms with van der Waals surface area (Å²) in [5, 5.41) is 0. The highest BCUT2D eigenvalue weighted by Crippen LogP contribution is 2.28. The summed E-state index contributed by atoms with van der Waals surface area (Å²) in [5.41, 5.74) is 1.06. The van der Waals surface area contributed by atoms with Crippen LogP contribution >= 0.6 is 0 Å². The van der Waals surface area contributed by atoms with Crippen LogP contribution in [0.25, 0.3) is 0 Å². The van der Waals surface area contributed by atoms with Crippen molar-refractivity contribution in [2.24, 2.45) is 0 Å². The normalized spacial score (nSPS) is 13.8. The van der Waals surface area contributed by atoms with Crippen LogP contribution in [-0.4, -0.2) is 22.4 Å². The molecule has 0 radical (unpaired) electrons. The van der Waals surface area contributed by atoms with Crippen LogP contribution in [0.2, 0.25) is 39.3 Å². The van der Waals surface area contributed by atoms with Crippen molar-refractivity contribution in [3.63, 3.8) is 0 Å². The SMILES string of the molecule is CCC(=O)CC(O[Si](C)(C)C)c1ccc(O[Si](C)(C)C)cc1. The molecule has 0 amide bonds. The van der Waals surface area contributed by atoms with Gasteiger partial charge in [0.05, 0.1) is 6.10 Å². The average molecular weight is 339 g/mol. The van der Waals surface area contributed by atoms with Gasteiger partial charge in [-0.25, -0.2) is 0 Å². The first-order valence-corrected chi connectivity index (χ1v) is 14.8. The molecule has 1 atom stereocenters. The van der Waals surface area contributed by atoms with E-state index in [1.807, 2.05) is 31.2 Å². The molecule has 1 rings (SSSR count). The smallest absolute Gasteiger partial charge is 0.242 e. The number of carbonyl (C=O) groups is 1. The lowest BCUT2D eigenvalue weighted by molar-refractivity contribution is -0.120. The van der Waals surface area contributed by atoms with Gasteiger partial charge in [-0.05, 0) is 57.0 Å². The van der Waals surface area contributed by atoms with E-state index in [4.69, 9.17) is 8.85 Å². The van der Waals surface area contributed by atoms with Gasteiger partial charge < -0.3 is 8.85 Å². The minimum Gasteiger partial charge on any atom is -0.544 e. The predicted octanol–water partition coefficient (Wildman–Crippen LogP) is 5.16. The Morgan fingerprint density at radius 3 is 1.95 bits per heavy atom. The summed E-state index contributed by atoms with van der Waals surface area (Å²) in [7, 11) is -3.30. The van der Waals surface area contributed by atoms with Gasteiger partial charge >= 0.3 is 0 Å². The molecular formula is C17H30O3Si2. The molecule has 0 spiro atoms. The maximum atomic E-state index is 11.9. The molecule has 22 heavy (non-hydrogen) atoms. The molecule has 0 aliphatic carbocycles. The zero-order valence-electron chi connectivity index (χ0n) is 15.0. The first kappa shape index (κ1) is 19.1. The summed E-state index contributed by atoms with van der Waals surface area (Å²) >= 11 is 0. The molecule has 0 N–H and O–H groups in total. The quantitative estimate of drug-likeness (QED) is 0.614. The minimum absolute atomic E-state index is 0.139. The fourth-order valence-corrected chi connectivity index (χ4v) is 4.03. The third kappa shape index (κ3) is 7.38. The molecular weight excluding hydrogens is 308 g/mol. The Morgan fingerprint density at radius 1 is 1.00 bits per heavy atom. The number of ketones is 1. The zero-order valence-corrected chi connectivity index (χ0v) is 17.0. The fourth-order valence-electron chi connectivity index (χ4n) is 2.11. The van der Waals surface area contributed by atoms with Crippen LogP contribution in [-0.2, 0) is 9.22 Å². The average Bonchev–Trinajstić information content (AvgIpc) is 2.35. The van der Waals surface area contributed by atoms with Crippen LogP contribution in [0.5, 0.6) is 5.75 Å². The fraction of sp³-hybridized carbons (Fsp3) is 0.588. The molecule has 0 aliphatic rings. The highest BCUT2D eigenvalue weighted by molar-refractivity contribution is 6.70. The van der Waals surface area contributed by atoms with Crippen LogP contribution in [0.15, 0.2) is 24.3 Å². The summed E-state index contributed by atoms with van der Waals surface area (Å²) in [5.74, 6) is 1.14. The maximum absolute atomic E-state index is 11.9.